The van der Waals surface area contributed by atoms with Crippen molar-refractivity contribution in [2.45, 2.75) is 44.9 Å². The lowest BCUT2D eigenvalue weighted by atomic mass is 10.1. The SMILES string of the molecule is O=C(Cn1nc2n(c1=O)CCCCC2)Nc1ccc(N2CCOCC2)cc1C(F)(F)F. The molecule has 31 heavy (non-hydrogen) atoms. The van der Waals surface area contributed by atoms with Crippen LogP contribution in [0.3, 0.4) is 0 Å². The van der Waals surface area contributed by atoms with E-state index >= 15 is 0 Å². The lowest BCUT2D eigenvalue weighted by Crippen LogP contribution is -2.36. The quantitative estimate of drug-likeness (QED) is 0.791. The van der Waals surface area contributed by atoms with E-state index in [4.69, 9.17) is 4.74 Å². The number of amides is 1. The van der Waals surface area contributed by atoms with Crippen molar-refractivity contribution in [1.82, 2.24) is 14.3 Å². The summed E-state index contributed by atoms with van der Waals surface area (Å²) in [6, 6.07) is 3.82. The number of aryl methyl sites for hydroxylation is 1. The average Bonchev–Trinajstić information content (AvgIpc) is 2.90. The first-order chi connectivity index (χ1) is 14.8. The molecule has 1 saturated heterocycles. The number of nitrogens with one attached hydrogen (secondary N) is 1. The van der Waals surface area contributed by atoms with Gasteiger partial charge in [-0.3, -0.25) is 9.36 Å². The van der Waals surface area contributed by atoms with Gasteiger partial charge in [-0.25, -0.2) is 9.48 Å². The highest BCUT2D eigenvalue weighted by atomic mass is 19.4. The molecule has 0 unspecified atom stereocenters. The maximum Gasteiger partial charge on any atom is 0.418 e. The molecular formula is C20H24F3N5O3. The standard InChI is InChI=1S/C20H24F3N5O3/c21-20(22,23)15-12-14(26-8-10-31-11-9-26)5-6-16(15)24-18(29)13-28-19(30)27-7-3-1-2-4-17(27)25-28/h5-6,12H,1-4,7-11,13H2,(H,24,29). The Kier molecular flexibility index (Phi) is 6.03. The fourth-order valence-electron chi connectivity index (χ4n) is 3.95. The second kappa shape index (κ2) is 8.74. The number of nitrogens with zero attached hydrogens (tertiary/aromatic N) is 4. The van der Waals surface area contributed by atoms with Crippen LogP contribution < -0.4 is 15.9 Å². The number of hydrogen-bond donors (Lipinski definition) is 1. The molecule has 0 saturated carbocycles. The molecule has 0 spiro atoms. The second-order valence-electron chi connectivity index (χ2n) is 7.69. The number of aromatic nitrogens is 3. The molecule has 168 valence electrons. The lowest BCUT2D eigenvalue weighted by Gasteiger charge is -2.29. The van der Waals surface area contributed by atoms with Gasteiger partial charge >= 0.3 is 11.9 Å². The normalized spacial score (nSPS) is 17.2. The number of ether oxygens (including phenoxy) is 1. The zero-order valence-electron chi connectivity index (χ0n) is 17.0. The van der Waals surface area contributed by atoms with Gasteiger partial charge in [0.2, 0.25) is 5.91 Å². The van der Waals surface area contributed by atoms with Gasteiger partial charge in [-0.15, -0.1) is 0 Å². The number of carbonyl (C=O) groups is 1. The number of fused-ring (bicyclic) bond motifs is 1. The predicted octanol–water partition coefficient (Wildman–Crippen LogP) is 2.27. The summed E-state index contributed by atoms with van der Waals surface area (Å²) in [5.41, 5.74) is -1.27. The Hall–Kier alpha value is -2.82. The van der Waals surface area contributed by atoms with Crippen molar-refractivity contribution < 1.29 is 22.7 Å². The van der Waals surface area contributed by atoms with Crippen LogP contribution in [0.15, 0.2) is 23.0 Å². The van der Waals surface area contributed by atoms with E-state index in [2.05, 4.69) is 10.4 Å². The van der Waals surface area contributed by atoms with Gasteiger partial charge < -0.3 is 15.0 Å². The zero-order valence-corrected chi connectivity index (χ0v) is 17.0. The van der Waals surface area contributed by atoms with Crippen molar-refractivity contribution in [3.63, 3.8) is 0 Å². The molecule has 1 amide bonds. The summed E-state index contributed by atoms with van der Waals surface area (Å²) < 4.78 is 48.8. The van der Waals surface area contributed by atoms with E-state index in [-0.39, 0.29) is 5.69 Å². The van der Waals surface area contributed by atoms with E-state index in [9.17, 15) is 22.8 Å². The first-order valence-electron chi connectivity index (χ1n) is 10.3. The van der Waals surface area contributed by atoms with E-state index in [1.165, 1.54) is 6.07 Å². The predicted molar refractivity (Wildman–Crippen MR) is 107 cm³/mol. The summed E-state index contributed by atoms with van der Waals surface area (Å²) in [4.78, 5) is 26.8. The van der Waals surface area contributed by atoms with Crippen LogP contribution in [0.25, 0.3) is 0 Å². The number of hydrogen-bond acceptors (Lipinski definition) is 5. The van der Waals surface area contributed by atoms with Gasteiger partial charge in [-0.1, -0.05) is 6.42 Å². The van der Waals surface area contributed by atoms with Crippen LogP contribution in [0.5, 0.6) is 0 Å². The molecule has 1 N–H and O–H groups in total. The molecule has 2 aromatic rings. The number of alkyl halides is 3. The average molecular weight is 439 g/mol. The molecule has 0 bridgehead atoms. The molecular weight excluding hydrogens is 415 g/mol. The Labute approximate surface area is 176 Å². The van der Waals surface area contributed by atoms with Crippen molar-refractivity contribution in [3.05, 3.63) is 40.1 Å². The summed E-state index contributed by atoms with van der Waals surface area (Å²) in [6.07, 6.45) is -1.23. The first-order valence-corrected chi connectivity index (χ1v) is 10.3. The zero-order chi connectivity index (χ0) is 22.0. The van der Waals surface area contributed by atoms with Gasteiger partial charge in [0.1, 0.15) is 12.4 Å². The molecule has 1 aromatic carbocycles. The van der Waals surface area contributed by atoms with Gasteiger partial charge in [-0.05, 0) is 31.0 Å². The molecule has 2 aliphatic heterocycles. The van der Waals surface area contributed by atoms with Crippen LogP contribution >= 0.6 is 0 Å². The summed E-state index contributed by atoms with van der Waals surface area (Å²) in [5.74, 6) is -0.124. The van der Waals surface area contributed by atoms with Crippen molar-refractivity contribution in [3.8, 4) is 0 Å². The second-order valence-corrected chi connectivity index (χ2v) is 7.69. The van der Waals surface area contributed by atoms with Crippen LogP contribution in [0.1, 0.15) is 30.7 Å². The minimum atomic E-state index is -4.65. The number of carbonyl (C=O) groups excluding carboxylic acids is 1. The largest absolute Gasteiger partial charge is 0.418 e. The third-order valence-electron chi connectivity index (χ3n) is 5.53. The van der Waals surface area contributed by atoms with Crippen LogP contribution in [0.2, 0.25) is 0 Å². The van der Waals surface area contributed by atoms with E-state index in [0.717, 1.165) is 30.0 Å². The fourth-order valence-corrected chi connectivity index (χ4v) is 3.95. The van der Waals surface area contributed by atoms with Gasteiger partial charge in [0.05, 0.1) is 24.5 Å². The molecule has 8 nitrogen and oxygen atoms in total. The van der Waals surface area contributed by atoms with Crippen molar-refractivity contribution >= 4 is 17.3 Å². The smallest absolute Gasteiger partial charge is 0.378 e. The third-order valence-corrected chi connectivity index (χ3v) is 5.53. The molecule has 1 fully saturated rings. The van der Waals surface area contributed by atoms with Crippen LogP contribution in [-0.4, -0.2) is 46.6 Å². The molecule has 1 aromatic heterocycles. The van der Waals surface area contributed by atoms with Gasteiger partial charge in [0.25, 0.3) is 0 Å². The Balaban J connectivity index is 1.53. The minimum absolute atomic E-state index is 0.344. The Morgan fingerprint density at radius 2 is 1.90 bits per heavy atom. The number of rotatable bonds is 4. The first kappa shape index (κ1) is 21.4. The highest BCUT2D eigenvalue weighted by Crippen LogP contribution is 2.37. The number of morpholine rings is 1. The maximum atomic E-state index is 13.7. The summed E-state index contributed by atoms with van der Waals surface area (Å²) in [5, 5.41) is 6.51. The molecule has 11 heteroatoms. The Morgan fingerprint density at radius 1 is 1.13 bits per heavy atom. The monoisotopic (exact) mass is 439 g/mol. The molecule has 4 rings (SSSR count). The summed E-state index contributed by atoms with van der Waals surface area (Å²) in [6.45, 7) is 1.98. The van der Waals surface area contributed by atoms with Crippen molar-refractivity contribution in [1.29, 1.82) is 0 Å². The molecule has 2 aliphatic rings. The third kappa shape index (κ3) is 4.76. The number of anilines is 2. The van der Waals surface area contributed by atoms with Crippen LogP contribution in [0.4, 0.5) is 24.5 Å². The maximum absolute atomic E-state index is 13.7. The number of halogens is 3. The highest BCUT2D eigenvalue weighted by Gasteiger charge is 2.35. The van der Waals surface area contributed by atoms with Gasteiger partial charge in [0.15, 0.2) is 0 Å². The molecule has 0 radical (unpaired) electrons. The minimum Gasteiger partial charge on any atom is -0.378 e. The van der Waals surface area contributed by atoms with E-state index in [0.29, 0.717) is 50.8 Å². The Morgan fingerprint density at radius 3 is 2.65 bits per heavy atom. The molecule has 0 atom stereocenters. The van der Waals surface area contributed by atoms with Gasteiger partial charge in [0, 0.05) is 31.7 Å². The highest BCUT2D eigenvalue weighted by molar-refractivity contribution is 5.91. The van der Waals surface area contributed by atoms with Crippen molar-refractivity contribution in [2.75, 3.05) is 36.5 Å². The van der Waals surface area contributed by atoms with E-state index < -0.39 is 29.9 Å². The fraction of sp³-hybridized carbons (Fsp3) is 0.550. The van der Waals surface area contributed by atoms with Crippen LogP contribution in [0, 0.1) is 0 Å². The summed E-state index contributed by atoms with van der Waals surface area (Å²) in [7, 11) is 0. The van der Waals surface area contributed by atoms with Crippen molar-refractivity contribution in [2.24, 2.45) is 0 Å². The van der Waals surface area contributed by atoms with E-state index in [1.54, 1.807) is 10.6 Å². The number of benzene rings is 1. The van der Waals surface area contributed by atoms with Crippen LogP contribution in [-0.2, 0) is 35.2 Å². The molecule has 3 heterocycles. The van der Waals surface area contributed by atoms with Gasteiger partial charge in [-0.2, -0.15) is 18.3 Å². The lowest BCUT2D eigenvalue weighted by molar-refractivity contribution is -0.136. The summed E-state index contributed by atoms with van der Waals surface area (Å²) >= 11 is 0. The molecule has 0 aliphatic carbocycles. The van der Waals surface area contributed by atoms with E-state index in [1.807, 2.05) is 4.90 Å². The Bertz CT molecular complexity index is 1010. The topological polar surface area (TPSA) is 81.4 Å².